The summed E-state index contributed by atoms with van der Waals surface area (Å²) < 4.78 is 0. The number of likely N-dealkylation sites (tertiary alicyclic amines) is 1. The second-order valence-electron chi connectivity index (χ2n) is 9.60. The van der Waals surface area contributed by atoms with Gasteiger partial charge in [-0.2, -0.15) is 4.98 Å². The first kappa shape index (κ1) is 22.3. The third-order valence-electron chi connectivity index (χ3n) is 6.90. The van der Waals surface area contributed by atoms with Gasteiger partial charge in [-0.25, -0.2) is 4.98 Å². The van der Waals surface area contributed by atoms with Crippen LogP contribution in [0.4, 0.5) is 11.8 Å². The zero-order valence-corrected chi connectivity index (χ0v) is 19.4. The molecule has 0 unspecified atom stereocenters. The monoisotopic (exact) mass is 424 g/mol. The molecule has 6 nitrogen and oxygen atoms in total. The first-order valence-electron chi connectivity index (χ1n) is 12.3. The van der Waals surface area contributed by atoms with Crippen LogP contribution in [0.3, 0.4) is 0 Å². The summed E-state index contributed by atoms with van der Waals surface area (Å²) in [6, 6.07) is 8.74. The Morgan fingerprint density at radius 2 is 1.77 bits per heavy atom. The van der Waals surface area contributed by atoms with Gasteiger partial charge < -0.3 is 20.4 Å². The van der Waals surface area contributed by atoms with Crippen molar-refractivity contribution in [1.82, 2.24) is 20.2 Å². The van der Waals surface area contributed by atoms with Crippen molar-refractivity contribution in [2.45, 2.75) is 57.4 Å². The van der Waals surface area contributed by atoms with Crippen LogP contribution < -0.4 is 15.5 Å². The fraction of sp³-hybridized carbons (Fsp3) is 0.680. The Bertz CT molecular complexity index is 809. The van der Waals surface area contributed by atoms with E-state index in [0.717, 1.165) is 35.1 Å². The van der Waals surface area contributed by atoms with E-state index < -0.39 is 0 Å². The van der Waals surface area contributed by atoms with Gasteiger partial charge in [-0.3, -0.25) is 0 Å². The van der Waals surface area contributed by atoms with Gasteiger partial charge in [0.1, 0.15) is 5.82 Å². The summed E-state index contributed by atoms with van der Waals surface area (Å²) >= 11 is 0. The molecule has 0 spiro atoms. The van der Waals surface area contributed by atoms with E-state index in [2.05, 4.69) is 38.6 Å². The zero-order valence-electron chi connectivity index (χ0n) is 19.4. The Hall–Kier alpha value is -1.92. The summed E-state index contributed by atoms with van der Waals surface area (Å²) in [6.45, 7) is 6.23. The van der Waals surface area contributed by atoms with Gasteiger partial charge in [-0.15, -0.1) is 0 Å². The normalized spacial score (nSPS) is 22.5. The molecule has 2 N–H and O–H groups in total. The molecular formula is C25H40N6. The van der Waals surface area contributed by atoms with E-state index in [4.69, 9.17) is 9.97 Å². The number of para-hydroxylation sites is 1. The second-order valence-corrected chi connectivity index (χ2v) is 9.60. The lowest BCUT2D eigenvalue weighted by Crippen LogP contribution is -2.34. The van der Waals surface area contributed by atoms with Crippen LogP contribution in [-0.4, -0.2) is 67.7 Å². The summed E-state index contributed by atoms with van der Waals surface area (Å²) in [5.41, 5.74) is 1.01. The molecule has 2 heterocycles. The molecule has 2 aliphatic rings. The van der Waals surface area contributed by atoms with Gasteiger partial charge in [0.25, 0.3) is 0 Å². The molecule has 1 aliphatic heterocycles. The second kappa shape index (κ2) is 11.1. The van der Waals surface area contributed by atoms with Crippen molar-refractivity contribution in [2.24, 2.45) is 5.92 Å². The fourth-order valence-electron chi connectivity index (χ4n) is 5.08. The predicted octanol–water partition coefficient (Wildman–Crippen LogP) is 4.13. The zero-order chi connectivity index (χ0) is 21.5. The molecule has 1 saturated carbocycles. The Balaban J connectivity index is 1.19. The van der Waals surface area contributed by atoms with Crippen molar-refractivity contribution >= 4 is 22.7 Å². The minimum Gasteiger partial charge on any atom is -0.362 e. The number of fused-ring (bicyclic) bond motifs is 1. The number of hydrogen-bond acceptors (Lipinski definition) is 6. The van der Waals surface area contributed by atoms with E-state index in [9.17, 15) is 0 Å². The van der Waals surface area contributed by atoms with Crippen LogP contribution in [0.15, 0.2) is 24.3 Å². The number of piperidine rings is 1. The minimum absolute atomic E-state index is 0.478. The predicted molar refractivity (Wildman–Crippen MR) is 131 cm³/mol. The molecule has 0 amide bonds. The molecule has 1 saturated heterocycles. The molecule has 1 aromatic carbocycles. The summed E-state index contributed by atoms with van der Waals surface area (Å²) in [6.07, 6.45) is 10.5. The maximum atomic E-state index is 4.81. The van der Waals surface area contributed by atoms with Crippen LogP contribution in [0, 0.1) is 5.92 Å². The Morgan fingerprint density at radius 1 is 1.00 bits per heavy atom. The number of nitrogens with one attached hydrogen (secondary N) is 2. The first-order chi connectivity index (χ1) is 15.2. The number of benzene rings is 1. The maximum absolute atomic E-state index is 4.81. The Kier molecular flexibility index (Phi) is 7.97. The van der Waals surface area contributed by atoms with Crippen molar-refractivity contribution < 1.29 is 0 Å². The molecule has 0 bridgehead atoms. The van der Waals surface area contributed by atoms with Gasteiger partial charge >= 0.3 is 0 Å². The lowest BCUT2D eigenvalue weighted by atomic mass is 9.86. The SMILES string of the molecule is CN(C)c1nc(N[C@H]2CC[C@@H](CNCCCN3CCCCC3)CC2)nc2ccccc12. The van der Waals surface area contributed by atoms with Gasteiger partial charge in [0.2, 0.25) is 5.95 Å². The molecule has 4 rings (SSSR count). The van der Waals surface area contributed by atoms with Crippen molar-refractivity contribution in [3.05, 3.63) is 24.3 Å². The molecule has 0 radical (unpaired) electrons. The van der Waals surface area contributed by atoms with Crippen molar-refractivity contribution in [1.29, 1.82) is 0 Å². The third kappa shape index (κ3) is 6.30. The highest BCUT2D eigenvalue weighted by Crippen LogP contribution is 2.28. The Morgan fingerprint density at radius 3 is 2.55 bits per heavy atom. The van der Waals surface area contributed by atoms with Gasteiger partial charge in [0.15, 0.2) is 0 Å². The number of aromatic nitrogens is 2. The number of anilines is 2. The number of rotatable bonds is 9. The molecule has 31 heavy (non-hydrogen) atoms. The van der Waals surface area contributed by atoms with E-state index in [-0.39, 0.29) is 0 Å². The topological polar surface area (TPSA) is 56.3 Å². The van der Waals surface area contributed by atoms with Crippen LogP contribution in [0.25, 0.3) is 10.9 Å². The van der Waals surface area contributed by atoms with Crippen LogP contribution in [0.5, 0.6) is 0 Å². The van der Waals surface area contributed by atoms with Crippen molar-refractivity contribution in [3.63, 3.8) is 0 Å². The average molecular weight is 425 g/mol. The summed E-state index contributed by atoms with van der Waals surface area (Å²) in [4.78, 5) is 14.3. The summed E-state index contributed by atoms with van der Waals surface area (Å²) in [5.74, 6) is 2.56. The molecule has 1 aromatic heterocycles. The first-order valence-corrected chi connectivity index (χ1v) is 12.3. The number of hydrogen-bond donors (Lipinski definition) is 2. The third-order valence-corrected chi connectivity index (χ3v) is 6.90. The molecule has 2 fully saturated rings. The molecule has 170 valence electrons. The van der Waals surface area contributed by atoms with Gasteiger partial charge in [0.05, 0.1) is 5.52 Å². The van der Waals surface area contributed by atoms with E-state index in [1.165, 1.54) is 77.5 Å². The summed E-state index contributed by atoms with van der Waals surface area (Å²) in [7, 11) is 4.09. The van der Waals surface area contributed by atoms with Crippen molar-refractivity contribution in [2.75, 3.05) is 57.0 Å². The molecule has 0 atom stereocenters. The molecule has 6 heteroatoms. The van der Waals surface area contributed by atoms with Gasteiger partial charge in [-0.1, -0.05) is 18.6 Å². The van der Waals surface area contributed by atoms with Gasteiger partial charge in [0, 0.05) is 25.5 Å². The van der Waals surface area contributed by atoms with E-state index in [1.807, 2.05) is 20.2 Å². The minimum atomic E-state index is 0.478. The molecule has 1 aliphatic carbocycles. The molecule has 2 aromatic rings. The van der Waals surface area contributed by atoms with E-state index in [1.54, 1.807) is 0 Å². The van der Waals surface area contributed by atoms with Crippen LogP contribution in [0.1, 0.15) is 51.4 Å². The maximum Gasteiger partial charge on any atom is 0.225 e. The van der Waals surface area contributed by atoms with Crippen LogP contribution in [0.2, 0.25) is 0 Å². The van der Waals surface area contributed by atoms with E-state index in [0.29, 0.717) is 6.04 Å². The highest BCUT2D eigenvalue weighted by Gasteiger charge is 2.22. The van der Waals surface area contributed by atoms with Crippen LogP contribution >= 0.6 is 0 Å². The van der Waals surface area contributed by atoms with E-state index >= 15 is 0 Å². The highest BCUT2D eigenvalue weighted by molar-refractivity contribution is 5.90. The smallest absolute Gasteiger partial charge is 0.225 e. The lowest BCUT2D eigenvalue weighted by molar-refractivity contribution is 0.224. The molecular weight excluding hydrogens is 384 g/mol. The quantitative estimate of drug-likeness (QED) is 0.590. The van der Waals surface area contributed by atoms with Crippen LogP contribution in [-0.2, 0) is 0 Å². The standard InChI is InChI=1S/C25H40N6/c1-30(2)24-22-9-4-5-10-23(22)28-25(29-24)27-21-13-11-20(12-14-21)19-26-15-8-18-31-16-6-3-7-17-31/h4-5,9-10,20-21,26H,3,6-8,11-19H2,1-2H3,(H,27,28,29)/t20-,21+. The largest absolute Gasteiger partial charge is 0.362 e. The Labute approximate surface area is 187 Å². The average Bonchev–Trinajstić information content (AvgIpc) is 2.80. The van der Waals surface area contributed by atoms with Crippen molar-refractivity contribution in [3.8, 4) is 0 Å². The number of nitrogens with zero attached hydrogens (tertiary/aromatic N) is 4. The lowest BCUT2D eigenvalue weighted by Gasteiger charge is -2.30. The summed E-state index contributed by atoms with van der Waals surface area (Å²) in [5, 5.41) is 8.45. The van der Waals surface area contributed by atoms with Gasteiger partial charge in [-0.05, 0) is 95.7 Å². The highest BCUT2D eigenvalue weighted by atomic mass is 15.2. The fourth-order valence-corrected chi connectivity index (χ4v) is 5.08.